The molecule has 202 valence electrons. The molecule has 0 aliphatic carbocycles. The number of nitrogens with zero attached hydrogens (tertiary/aromatic N) is 1. The first kappa shape index (κ1) is 33.6. The van der Waals surface area contributed by atoms with Gasteiger partial charge in [0.25, 0.3) is 0 Å². The fourth-order valence-electron chi connectivity index (χ4n) is 3.56. The van der Waals surface area contributed by atoms with Crippen molar-refractivity contribution in [3.63, 3.8) is 0 Å². The van der Waals surface area contributed by atoms with E-state index in [1.165, 1.54) is 30.7 Å². The van der Waals surface area contributed by atoms with Gasteiger partial charge >= 0.3 is 0 Å². The van der Waals surface area contributed by atoms with Gasteiger partial charge in [-0.25, -0.2) is 0 Å². The molecule has 2 aromatic rings. The Hall–Kier alpha value is -3.40. The summed E-state index contributed by atoms with van der Waals surface area (Å²) in [6.45, 7) is 24.4. The summed E-state index contributed by atoms with van der Waals surface area (Å²) in [6, 6.07) is 13.5. The molecule has 0 radical (unpaired) electrons. The Morgan fingerprint density at radius 1 is 1.05 bits per heavy atom. The summed E-state index contributed by atoms with van der Waals surface area (Å²) in [4.78, 5) is 15.5. The maximum Gasteiger partial charge on any atom is 0.160 e. The molecule has 0 aliphatic heterocycles. The van der Waals surface area contributed by atoms with Gasteiger partial charge in [-0.05, 0) is 63.4 Å². The molecule has 1 unspecified atom stereocenters. The highest BCUT2D eigenvalue weighted by Gasteiger charge is 2.14. The molecule has 4 heteroatoms. The first-order valence-corrected chi connectivity index (χ1v) is 13.2. The lowest BCUT2D eigenvalue weighted by molar-refractivity contribution is 0.101. The third-order valence-corrected chi connectivity index (χ3v) is 5.66. The molecule has 0 bridgehead atoms. The van der Waals surface area contributed by atoms with Crippen LogP contribution >= 0.6 is 0 Å². The lowest BCUT2D eigenvalue weighted by atomic mass is 9.94. The lowest BCUT2D eigenvalue weighted by Crippen LogP contribution is -2.09. The minimum atomic E-state index is 0.00122. The van der Waals surface area contributed by atoms with Crippen LogP contribution in [0.3, 0.4) is 0 Å². The molecule has 2 N–H and O–H groups in total. The minimum absolute atomic E-state index is 0.00122. The highest BCUT2D eigenvalue weighted by atomic mass is 16.5. The third kappa shape index (κ3) is 12.9. The summed E-state index contributed by atoms with van der Waals surface area (Å²) < 4.78 is 5.99. The smallest absolute Gasteiger partial charge is 0.160 e. The zero-order valence-corrected chi connectivity index (χ0v) is 24.3. The average molecular weight is 505 g/mol. The van der Waals surface area contributed by atoms with E-state index in [1.54, 1.807) is 18.4 Å². The second-order valence-electron chi connectivity index (χ2n) is 9.13. The van der Waals surface area contributed by atoms with Crippen molar-refractivity contribution in [1.82, 2.24) is 0 Å². The first-order chi connectivity index (χ1) is 17.6. The topological polar surface area (TPSA) is 64.7 Å². The van der Waals surface area contributed by atoms with Crippen LogP contribution in [0.15, 0.2) is 78.6 Å². The molecular weight excluding hydrogens is 456 g/mol. The van der Waals surface area contributed by atoms with Crippen molar-refractivity contribution >= 4 is 17.7 Å². The number of carbonyl (C=O) groups excluding carboxylic acids is 1. The van der Waals surface area contributed by atoms with Gasteiger partial charge < -0.3 is 10.5 Å². The van der Waals surface area contributed by atoms with Crippen molar-refractivity contribution in [2.45, 2.75) is 74.7 Å². The molecule has 0 saturated carbocycles. The van der Waals surface area contributed by atoms with E-state index >= 15 is 0 Å². The van der Waals surface area contributed by atoms with Gasteiger partial charge in [0.15, 0.2) is 5.78 Å². The van der Waals surface area contributed by atoms with Crippen LogP contribution in [0.25, 0.3) is 5.70 Å². The Labute approximate surface area is 226 Å². The molecule has 0 aliphatic rings. The van der Waals surface area contributed by atoms with Crippen LogP contribution < -0.4 is 10.5 Å². The Morgan fingerprint density at radius 2 is 1.68 bits per heavy atom. The van der Waals surface area contributed by atoms with Gasteiger partial charge in [0.2, 0.25) is 0 Å². The van der Waals surface area contributed by atoms with E-state index in [0.29, 0.717) is 17.2 Å². The van der Waals surface area contributed by atoms with E-state index < -0.39 is 0 Å². The summed E-state index contributed by atoms with van der Waals surface area (Å²) in [7, 11) is 0. The van der Waals surface area contributed by atoms with Crippen LogP contribution in [0, 0.1) is 25.7 Å². The van der Waals surface area contributed by atoms with Crippen LogP contribution in [0.1, 0.15) is 87.9 Å². The Morgan fingerprint density at radius 3 is 2.19 bits per heavy atom. The summed E-state index contributed by atoms with van der Waals surface area (Å²) >= 11 is 0. The number of nitrogens with two attached hydrogens (primary N) is 1. The molecule has 2 rings (SSSR count). The van der Waals surface area contributed by atoms with E-state index in [9.17, 15) is 4.79 Å². The highest BCUT2D eigenvalue weighted by Crippen LogP contribution is 2.27. The van der Waals surface area contributed by atoms with Crippen molar-refractivity contribution in [2.24, 2.45) is 22.6 Å². The van der Waals surface area contributed by atoms with Crippen LogP contribution in [-0.4, -0.2) is 12.0 Å². The highest BCUT2D eigenvalue weighted by molar-refractivity contribution is 5.99. The van der Waals surface area contributed by atoms with Crippen molar-refractivity contribution in [3.05, 3.63) is 95.9 Å². The second-order valence-corrected chi connectivity index (χ2v) is 9.13. The number of ether oxygens (including phenoxy) is 1. The van der Waals surface area contributed by atoms with E-state index in [2.05, 4.69) is 64.9 Å². The van der Waals surface area contributed by atoms with E-state index in [-0.39, 0.29) is 5.78 Å². The van der Waals surface area contributed by atoms with Crippen molar-refractivity contribution in [2.75, 3.05) is 0 Å². The fourth-order valence-corrected chi connectivity index (χ4v) is 3.56. The van der Waals surface area contributed by atoms with Crippen LogP contribution in [0.2, 0.25) is 0 Å². The zero-order valence-electron chi connectivity index (χ0n) is 24.3. The number of aliphatic imine (C=N–C) groups is 1. The number of hydrogen-bond acceptors (Lipinski definition) is 4. The second kappa shape index (κ2) is 18.8. The normalized spacial score (nSPS) is 11.4. The molecule has 0 saturated heterocycles. The van der Waals surface area contributed by atoms with E-state index in [0.717, 1.165) is 35.8 Å². The minimum Gasteiger partial charge on any atom is -0.462 e. The lowest BCUT2D eigenvalue weighted by Gasteiger charge is -2.20. The predicted molar refractivity (Wildman–Crippen MR) is 162 cm³/mol. The average Bonchev–Trinajstić information content (AvgIpc) is 2.87. The van der Waals surface area contributed by atoms with Crippen molar-refractivity contribution in [1.29, 1.82) is 0 Å². The molecule has 0 heterocycles. The SMILES string of the molecule is C=C(N=C/C=C\N)c1ccccc1C(C)=O.C=C(Oc1ccc(C)cc1C)C(CC)CCC(C)C.CC. The van der Waals surface area contributed by atoms with E-state index in [4.69, 9.17) is 10.5 Å². The van der Waals surface area contributed by atoms with Crippen molar-refractivity contribution < 1.29 is 9.53 Å². The fraction of sp³-hybridized carbons (Fsp3) is 0.394. The van der Waals surface area contributed by atoms with E-state index in [1.807, 2.05) is 38.1 Å². The van der Waals surface area contributed by atoms with Gasteiger partial charge in [-0.3, -0.25) is 9.79 Å². The van der Waals surface area contributed by atoms with Gasteiger partial charge in [-0.15, -0.1) is 0 Å². The number of Topliss-reactive ketones (excluding diaryl/α,β-unsaturated/α-hetero) is 1. The summed E-state index contributed by atoms with van der Waals surface area (Å²) in [5, 5.41) is 0. The molecule has 0 aromatic heterocycles. The number of ketones is 1. The van der Waals surface area contributed by atoms with Crippen LogP contribution in [0.5, 0.6) is 5.75 Å². The molecule has 2 aromatic carbocycles. The standard InChI is InChI=1S/C18H28O.C13H14N2O.C2H6/c1-7-17(10-8-13(2)3)16(6)19-18-11-9-14(4)12-15(18)5;1-10(15-9-5-8-14)12-6-3-4-7-13(12)11(2)16;1-2/h9,11-13,17H,6-8,10H2,1-5H3;3-9H,1,14H2,2H3;1-2H3/b;8-5-,15-9?;. The Bertz CT molecular complexity index is 1050. The number of hydrogen-bond donors (Lipinski definition) is 1. The Balaban J connectivity index is 0.000000665. The summed E-state index contributed by atoms with van der Waals surface area (Å²) in [5.74, 6) is 3.06. The number of carbonyl (C=O) groups is 1. The van der Waals surface area contributed by atoms with Gasteiger partial charge in [0, 0.05) is 23.3 Å². The monoisotopic (exact) mass is 504 g/mol. The summed E-state index contributed by atoms with van der Waals surface area (Å²) in [6.07, 6.45) is 8.01. The third-order valence-electron chi connectivity index (χ3n) is 5.66. The van der Waals surface area contributed by atoms with Gasteiger partial charge in [0.05, 0.1) is 11.5 Å². The van der Waals surface area contributed by atoms with Gasteiger partial charge in [-0.1, -0.05) is 96.2 Å². The number of aryl methyl sites for hydroxylation is 2. The Kier molecular flexibility index (Phi) is 17.1. The number of rotatable bonds is 11. The molecule has 1 atom stereocenters. The number of allylic oxidation sites excluding steroid dienone is 2. The molecule has 0 amide bonds. The van der Waals surface area contributed by atoms with Crippen LogP contribution in [0.4, 0.5) is 0 Å². The maximum absolute atomic E-state index is 11.4. The molecule has 37 heavy (non-hydrogen) atoms. The molecule has 0 spiro atoms. The quantitative estimate of drug-likeness (QED) is 0.188. The van der Waals surface area contributed by atoms with Gasteiger partial charge in [0.1, 0.15) is 5.75 Å². The van der Waals surface area contributed by atoms with Crippen molar-refractivity contribution in [3.8, 4) is 5.75 Å². The molecule has 4 nitrogen and oxygen atoms in total. The maximum atomic E-state index is 11.4. The first-order valence-electron chi connectivity index (χ1n) is 13.2. The number of benzene rings is 2. The molecular formula is C33H48N2O2. The largest absolute Gasteiger partial charge is 0.462 e. The predicted octanol–water partition coefficient (Wildman–Crippen LogP) is 9.09. The molecule has 0 fully saturated rings. The van der Waals surface area contributed by atoms with Crippen LogP contribution in [-0.2, 0) is 0 Å². The van der Waals surface area contributed by atoms with Gasteiger partial charge in [-0.2, -0.15) is 0 Å². The zero-order chi connectivity index (χ0) is 28.4. The summed E-state index contributed by atoms with van der Waals surface area (Å²) in [5.41, 5.74) is 9.54.